The van der Waals surface area contributed by atoms with Crippen LogP contribution in [0.25, 0.3) is 0 Å². The Balaban J connectivity index is 4.09. The Kier molecular flexibility index (Phi) is 5.70. The van der Waals surface area contributed by atoms with Crippen LogP contribution < -0.4 is 5.43 Å². The lowest BCUT2D eigenvalue weighted by atomic mass is 10.2. The molecule has 0 aliphatic carbocycles. The highest BCUT2D eigenvalue weighted by molar-refractivity contribution is 5.47. The molecule has 0 rings (SSSR count). The summed E-state index contributed by atoms with van der Waals surface area (Å²) in [6.45, 7) is 1.64. The van der Waals surface area contributed by atoms with Gasteiger partial charge in [-0.3, -0.25) is 9.59 Å². The molecule has 0 saturated carbocycles. The molecule has 1 atom stereocenters. The zero-order valence-electron chi connectivity index (χ0n) is 7.04. The zero-order chi connectivity index (χ0) is 10.1. The van der Waals surface area contributed by atoms with Crippen molar-refractivity contribution in [2.75, 3.05) is 0 Å². The average molecular weight is 183 g/mol. The lowest BCUT2D eigenvalue weighted by Gasteiger charge is -2.14. The van der Waals surface area contributed by atoms with E-state index in [4.69, 9.17) is 5.26 Å². The average Bonchev–Trinajstić information content (AvgIpc) is 2.13. The van der Waals surface area contributed by atoms with Crippen molar-refractivity contribution in [3.05, 3.63) is 0 Å². The summed E-state index contributed by atoms with van der Waals surface area (Å²) in [5.41, 5.74) is 1.90. The summed E-state index contributed by atoms with van der Waals surface area (Å²) < 4.78 is 0. The Hall–Kier alpha value is -1.97. The van der Waals surface area contributed by atoms with E-state index in [1.54, 1.807) is 6.92 Å². The molecule has 2 amide bonds. The van der Waals surface area contributed by atoms with E-state index in [-0.39, 0.29) is 12.5 Å². The Morgan fingerprint density at radius 1 is 1.69 bits per heavy atom. The van der Waals surface area contributed by atoms with E-state index < -0.39 is 0 Å². The number of amides is 2. The summed E-state index contributed by atoms with van der Waals surface area (Å²) in [4.78, 5) is 20.1. The minimum atomic E-state index is -0.361. The minimum Gasteiger partial charge on any atom is -0.277 e. The van der Waals surface area contributed by atoms with Crippen molar-refractivity contribution in [2.45, 2.75) is 19.4 Å². The van der Waals surface area contributed by atoms with E-state index in [0.717, 1.165) is 5.01 Å². The van der Waals surface area contributed by atoms with E-state index in [0.29, 0.717) is 12.8 Å². The molecule has 1 N–H and O–H groups in total. The highest BCUT2D eigenvalue weighted by Gasteiger charge is 2.09. The molecule has 13 heavy (non-hydrogen) atoms. The van der Waals surface area contributed by atoms with Gasteiger partial charge in [-0.2, -0.15) is 5.26 Å². The normalized spacial score (nSPS) is 11.7. The fourth-order valence-corrected chi connectivity index (χ4v) is 0.540. The van der Waals surface area contributed by atoms with Crippen LogP contribution >= 0.6 is 0 Å². The van der Waals surface area contributed by atoms with Crippen molar-refractivity contribution in [1.82, 2.24) is 10.4 Å². The molecule has 7 heteroatoms. The second kappa shape index (κ2) is 6.72. The van der Waals surface area contributed by atoms with Crippen LogP contribution in [0.1, 0.15) is 13.3 Å². The topological polar surface area (TPSA) is 97.9 Å². The smallest absolute Gasteiger partial charge is 0.231 e. The number of hydrogen-bond donors (Lipinski definition) is 1. The third kappa shape index (κ3) is 4.47. The summed E-state index contributed by atoms with van der Waals surface area (Å²) in [6, 6.07) is 1.52. The van der Waals surface area contributed by atoms with Crippen LogP contribution in [0.3, 0.4) is 0 Å². The van der Waals surface area contributed by atoms with Crippen molar-refractivity contribution < 1.29 is 9.59 Å². The van der Waals surface area contributed by atoms with Crippen molar-refractivity contribution in [3.8, 4) is 6.07 Å². The predicted molar refractivity (Wildman–Crippen MR) is 41.7 cm³/mol. The number of rotatable bonds is 6. The fourth-order valence-electron chi connectivity index (χ4n) is 0.540. The van der Waals surface area contributed by atoms with Gasteiger partial charge in [-0.05, 0) is 17.4 Å². The zero-order valence-corrected chi connectivity index (χ0v) is 7.04. The summed E-state index contributed by atoms with van der Waals surface area (Å²) >= 11 is 0. The molecule has 70 valence electrons. The van der Waals surface area contributed by atoms with Crippen LogP contribution in [0.2, 0.25) is 0 Å². The van der Waals surface area contributed by atoms with Gasteiger partial charge >= 0.3 is 0 Å². The first-order chi connectivity index (χ1) is 6.26. The van der Waals surface area contributed by atoms with E-state index in [2.05, 4.69) is 10.4 Å². The van der Waals surface area contributed by atoms with Crippen LogP contribution in [-0.2, 0) is 9.59 Å². The molecular weight excluding hydrogens is 174 g/mol. The maximum atomic E-state index is 10.4. The highest BCUT2D eigenvalue weighted by Crippen LogP contribution is 2.00. The van der Waals surface area contributed by atoms with Gasteiger partial charge in [0.1, 0.15) is 0 Å². The molecule has 0 heterocycles. The van der Waals surface area contributed by atoms with E-state index in [9.17, 15) is 9.59 Å². The Bertz CT molecular complexity index is 234. The van der Waals surface area contributed by atoms with E-state index in [1.807, 2.05) is 11.5 Å². The predicted octanol–water partition coefficient (Wildman–Crippen LogP) is -0.225. The Labute approximate surface area is 75.0 Å². The number of carbonyl (C=O) groups is 2. The minimum absolute atomic E-state index is 0.152. The monoisotopic (exact) mass is 183 g/mol. The lowest BCUT2D eigenvalue weighted by molar-refractivity contribution is -0.120. The number of carbonyl (C=O) groups excluding carboxylic acids is 2. The van der Waals surface area contributed by atoms with Crippen LogP contribution in [-0.4, -0.2) is 23.9 Å². The maximum Gasteiger partial charge on any atom is 0.231 e. The van der Waals surface area contributed by atoms with Crippen LogP contribution in [0.4, 0.5) is 0 Å². The molecule has 0 saturated heterocycles. The lowest BCUT2D eigenvalue weighted by Crippen LogP contribution is -2.26. The van der Waals surface area contributed by atoms with Gasteiger partial charge in [0, 0.05) is 0 Å². The molecule has 0 aliphatic heterocycles. The summed E-state index contributed by atoms with van der Waals surface area (Å²) in [7, 11) is 0. The first-order valence-corrected chi connectivity index (χ1v) is 3.46. The van der Waals surface area contributed by atoms with Crippen molar-refractivity contribution in [2.24, 2.45) is 10.4 Å². The molecule has 0 aromatic carbocycles. The van der Waals surface area contributed by atoms with Gasteiger partial charge < -0.3 is 0 Å². The van der Waals surface area contributed by atoms with Gasteiger partial charge in [0.05, 0.1) is 18.5 Å². The Morgan fingerprint density at radius 2 is 2.38 bits per heavy atom. The third-order valence-corrected chi connectivity index (χ3v) is 1.20. The standard InChI is InChI=1S/C6H9N5O2/c1-6(2-3-7)11(5-13)10-9-8-4-12/h4-6H,2H2,1H3,(H,8,10,12). The van der Waals surface area contributed by atoms with Gasteiger partial charge in [0.15, 0.2) is 0 Å². The molecule has 0 radical (unpaired) electrons. The molecule has 0 aliphatic rings. The van der Waals surface area contributed by atoms with Crippen LogP contribution in [0.15, 0.2) is 10.4 Å². The van der Waals surface area contributed by atoms with Gasteiger partial charge in [0.25, 0.3) is 0 Å². The van der Waals surface area contributed by atoms with Gasteiger partial charge in [-0.1, -0.05) is 0 Å². The summed E-state index contributed by atoms with van der Waals surface area (Å²) in [5.74, 6) is 0. The number of hydrogen-bond acceptors (Lipinski definition) is 5. The second-order valence-electron chi connectivity index (χ2n) is 2.13. The number of nitrogens with one attached hydrogen (secondary N) is 1. The van der Waals surface area contributed by atoms with Crippen molar-refractivity contribution in [1.29, 1.82) is 5.26 Å². The van der Waals surface area contributed by atoms with E-state index in [1.165, 1.54) is 0 Å². The van der Waals surface area contributed by atoms with Gasteiger partial charge in [0.2, 0.25) is 12.8 Å². The molecule has 0 aromatic heterocycles. The molecule has 0 aromatic rings. The summed E-state index contributed by atoms with van der Waals surface area (Å²) in [6.07, 6.45) is 0.901. The first kappa shape index (κ1) is 11.0. The molecule has 0 bridgehead atoms. The van der Waals surface area contributed by atoms with E-state index >= 15 is 0 Å². The molecule has 1 unspecified atom stereocenters. The van der Waals surface area contributed by atoms with Crippen molar-refractivity contribution in [3.63, 3.8) is 0 Å². The van der Waals surface area contributed by atoms with Crippen molar-refractivity contribution >= 4 is 12.8 Å². The SMILES string of the molecule is CC(CC#N)N(C=O)N=NNC=O. The van der Waals surface area contributed by atoms with Gasteiger partial charge in [-0.15, -0.1) is 0 Å². The number of nitriles is 1. The number of nitrogens with zero attached hydrogens (tertiary/aromatic N) is 4. The largest absolute Gasteiger partial charge is 0.277 e. The van der Waals surface area contributed by atoms with Crippen LogP contribution in [0.5, 0.6) is 0 Å². The fraction of sp³-hybridized carbons (Fsp3) is 0.500. The maximum absolute atomic E-state index is 10.4. The summed E-state index contributed by atoms with van der Waals surface area (Å²) in [5, 5.41) is 15.8. The second-order valence-corrected chi connectivity index (χ2v) is 2.13. The molecule has 0 fully saturated rings. The highest BCUT2D eigenvalue weighted by atomic mass is 16.2. The Morgan fingerprint density at radius 3 is 2.85 bits per heavy atom. The third-order valence-electron chi connectivity index (χ3n) is 1.20. The first-order valence-electron chi connectivity index (χ1n) is 3.46. The van der Waals surface area contributed by atoms with Gasteiger partial charge in [-0.25, -0.2) is 10.4 Å². The molecular formula is C6H9N5O2. The van der Waals surface area contributed by atoms with Crippen LogP contribution in [0, 0.1) is 11.3 Å². The molecule has 7 nitrogen and oxygen atoms in total. The quantitative estimate of drug-likeness (QED) is 0.350. The molecule has 0 spiro atoms.